The molecule has 52 heavy (non-hydrogen) atoms. The van der Waals surface area contributed by atoms with Crippen LogP contribution in [-0.2, 0) is 0 Å². The first-order valence-electron chi connectivity index (χ1n) is 17.5. The molecule has 0 bridgehead atoms. The van der Waals surface area contributed by atoms with Gasteiger partial charge in [0.25, 0.3) is 0 Å². The van der Waals surface area contributed by atoms with Gasteiger partial charge in [0.15, 0.2) is 5.82 Å². The van der Waals surface area contributed by atoms with Gasteiger partial charge in [-0.05, 0) is 82.2 Å². The molecule has 0 N–H and O–H groups in total. The highest BCUT2D eigenvalue weighted by Crippen LogP contribution is 2.35. The minimum atomic E-state index is 0.637. The fourth-order valence-electron chi connectivity index (χ4n) is 7.08. The predicted molar refractivity (Wildman–Crippen MR) is 215 cm³/mol. The second-order valence-electron chi connectivity index (χ2n) is 13.2. The summed E-state index contributed by atoms with van der Waals surface area (Å²) >= 11 is 0. The molecule has 0 spiro atoms. The van der Waals surface area contributed by atoms with E-state index in [9.17, 15) is 0 Å². The molecular formula is C48H30N4. The van der Waals surface area contributed by atoms with Gasteiger partial charge in [0.1, 0.15) is 0 Å². The molecule has 3 heterocycles. The van der Waals surface area contributed by atoms with Crippen molar-refractivity contribution < 1.29 is 0 Å². The summed E-state index contributed by atoms with van der Waals surface area (Å²) < 4.78 is 0. The first-order chi connectivity index (χ1) is 25.7. The maximum absolute atomic E-state index is 5.29. The van der Waals surface area contributed by atoms with E-state index in [0.717, 1.165) is 72.4 Å². The van der Waals surface area contributed by atoms with Crippen molar-refractivity contribution in [3.05, 3.63) is 182 Å². The Morgan fingerprint density at radius 3 is 1.13 bits per heavy atom. The van der Waals surface area contributed by atoms with E-state index in [1.54, 1.807) is 0 Å². The molecule has 0 amide bonds. The molecular weight excluding hydrogens is 633 g/mol. The Balaban J connectivity index is 1.21. The molecule has 0 radical (unpaired) electrons. The lowest BCUT2D eigenvalue weighted by molar-refractivity contribution is 1.18. The molecule has 0 unspecified atom stereocenters. The van der Waals surface area contributed by atoms with E-state index in [1.165, 1.54) is 21.5 Å². The summed E-state index contributed by atoms with van der Waals surface area (Å²) in [4.78, 5) is 20.8. The zero-order valence-electron chi connectivity index (χ0n) is 28.1. The molecule has 4 heteroatoms. The van der Waals surface area contributed by atoms with E-state index >= 15 is 0 Å². The highest BCUT2D eigenvalue weighted by molar-refractivity contribution is 5.90. The molecule has 0 aliphatic heterocycles. The maximum Gasteiger partial charge on any atom is 0.160 e. The van der Waals surface area contributed by atoms with Crippen LogP contribution in [0.25, 0.3) is 99.8 Å². The highest BCUT2D eigenvalue weighted by Gasteiger charge is 2.16. The van der Waals surface area contributed by atoms with Crippen LogP contribution in [0.5, 0.6) is 0 Å². The zero-order chi connectivity index (χ0) is 34.4. The summed E-state index contributed by atoms with van der Waals surface area (Å²) in [5.74, 6) is 0.637. The van der Waals surface area contributed by atoms with Gasteiger partial charge in [0, 0.05) is 38.6 Å². The third kappa shape index (κ3) is 5.53. The number of hydrogen-bond donors (Lipinski definition) is 0. The highest BCUT2D eigenvalue weighted by atomic mass is 14.9. The number of para-hydroxylation sites is 2. The lowest BCUT2D eigenvalue weighted by atomic mass is 9.98. The third-order valence-corrected chi connectivity index (χ3v) is 9.80. The smallest absolute Gasteiger partial charge is 0.160 e. The average molecular weight is 663 g/mol. The Morgan fingerprint density at radius 2 is 0.635 bits per heavy atom. The van der Waals surface area contributed by atoms with Gasteiger partial charge in [0.05, 0.1) is 33.8 Å². The van der Waals surface area contributed by atoms with Crippen molar-refractivity contribution in [2.45, 2.75) is 0 Å². The Kier molecular flexibility index (Phi) is 7.10. The van der Waals surface area contributed by atoms with Crippen LogP contribution >= 0.6 is 0 Å². The lowest BCUT2D eigenvalue weighted by Crippen LogP contribution is -1.97. The lowest BCUT2D eigenvalue weighted by Gasteiger charge is -2.13. The predicted octanol–water partition coefficient (Wildman–Crippen LogP) is 12.2. The second kappa shape index (κ2) is 12.4. The van der Waals surface area contributed by atoms with Gasteiger partial charge in [-0.2, -0.15) is 0 Å². The molecule has 0 aliphatic carbocycles. The number of pyridine rings is 2. The summed E-state index contributed by atoms with van der Waals surface area (Å²) in [6, 6.07) is 63.4. The fraction of sp³-hybridized carbons (Fsp3) is 0. The molecule has 0 saturated carbocycles. The number of hydrogen-bond acceptors (Lipinski definition) is 4. The van der Waals surface area contributed by atoms with Gasteiger partial charge in [-0.1, -0.05) is 121 Å². The number of rotatable bonds is 5. The van der Waals surface area contributed by atoms with Gasteiger partial charge in [-0.25, -0.2) is 19.9 Å². The van der Waals surface area contributed by atoms with E-state index in [-0.39, 0.29) is 0 Å². The Bertz CT molecular complexity index is 2580. The molecule has 0 aliphatic rings. The van der Waals surface area contributed by atoms with Gasteiger partial charge < -0.3 is 0 Å². The molecule has 0 atom stereocenters. The van der Waals surface area contributed by atoms with Crippen molar-refractivity contribution in [3.63, 3.8) is 0 Å². The Labute approximate surface area is 300 Å². The Morgan fingerprint density at radius 1 is 0.231 bits per heavy atom. The van der Waals surface area contributed by atoms with E-state index in [0.29, 0.717) is 5.82 Å². The van der Waals surface area contributed by atoms with E-state index in [4.69, 9.17) is 19.9 Å². The average Bonchev–Trinajstić information content (AvgIpc) is 3.22. The van der Waals surface area contributed by atoms with Crippen LogP contribution in [0.15, 0.2) is 182 Å². The normalized spacial score (nSPS) is 11.5. The molecule has 7 aromatic carbocycles. The zero-order valence-corrected chi connectivity index (χ0v) is 28.1. The number of nitrogens with zero attached hydrogens (tertiary/aromatic N) is 4. The standard InChI is InChI=1S/C48H30N4/c1-3-13-35-25-37(19-17-31(35)9-1)46-30-47(38-20-18-32-10-2-4-14-36(32)26-38)52-48(51-46)41-28-39(44-23-21-33-11-5-7-15-42(33)49-44)27-40(29-41)45-24-22-34-12-6-8-16-43(34)50-45/h1-30H. The van der Waals surface area contributed by atoms with Crippen LogP contribution in [0.4, 0.5) is 0 Å². The molecule has 10 rings (SSSR count). The van der Waals surface area contributed by atoms with Gasteiger partial charge in [0.2, 0.25) is 0 Å². The van der Waals surface area contributed by atoms with E-state index < -0.39 is 0 Å². The molecule has 0 saturated heterocycles. The molecule has 10 aromatic rings. The van der Waals surface area contributed by atoms with Crippen LogP contribution in [0, 0.1) is 0 Å². The minimum absolute atomic E-state index is 0.637. The van der Waals surface area contributed by atoms with Gasteiger partial charge in [-0.15, -0.1) is 0 Å². The first-order valence-corrected chi connectivity index (χ1v) is 17.5. The second-order valence-corrected chi connectivity index (χ2v) is 13.2. The third-order valence-electron chi connectivity index (χ3n) is 9.80. The molecule has 3 aromatic heterocycles. The largest absolute Gasteiger partial charge is 0.248 e. The summed E-state index contributed by atoms with van der Waals surface area (Å²) in [5, 5.41) is 6.93. The Hall–Kier alpha value is -7.04. The van der Waals surface area contributed by atoms with Crippen molar-refractivity contribution in [3.8, 4) is 56.4 Å². The van der Waals surface area contributed by atoms with Gasteiger partial charge >= 0.3 is 0 Å². The monoisotopic (exact) mass is 662 g/mol. The molecule has 4 nitrogen and oxygen atoms in total. The van der Waals surface area contributed by atoms with Crippen molar-refractivity contribution in [2.75, 3.05) is 0 Å². The van der Waals surface area contributed by atoms with Crippen LogP contribution in [0.2, 0.25) is 0 Å². The van der Waals surface area contributed by atoms with Crippen molar-refractivity contribution in [1.82, 2.24) is 19.9 Å². The number of fused-ring (bicyclic) bond motifs is 4. The topological polar surface area (TPSA) is 51.6 Å². The van der Waals surface area contributed by atoms with Crippen LogP contribution in [0.3, 0.4) is 0 Å². The van der Waals surface area contributed by atoms with Gasteiger partial charge in [-0.3, -0.25) is 0 Å². The quantitative estimate of drug-likeness (QED) is 0.184. The van der Waals surface area contributed by atoms with Crippen LogP contribution in [-0.4, -0.2) is 19.9 Å². The minimum Gasteiger partial charge on any atom is -0.248 e. The van der Waals surface area contributed by atoms with E-state index in [2.05, 4.69) is 158 Å². The SMILES string of the molecule is c1ccc2cc(-c3cc(-c4ccc5ccccc5c4)nc(-c4cc(-c5ccc6ccccc6n5)cc(-c5ccc6ccccc6n5)c4)n3)ccc2c1. The maximum atomic E-state index is 5.29. The van der Waals surface area contributed by atoms with E-state index in [1.807, 2.05) is 24.3 Å². The van der Waals surface area contributed by atoms with Crippen molar-refractivity contribution >= 4 is 43.4 Å². The fourth-order valence-corrected chi connectivity index (χ4v) is 7.08. The summed E-state index contributed by atoms with van der Waals surface area (Å²) in [5.41, 5.74) is 10.3. The molecule has 242 valence electrons. The van der Waals surface area contributed by atoms with Crippen LogP contribution in [0.1, 0.15) is 0 Å². The summed E-state index contributed by atoms with van der Waals surface area (Å²) in [7, 11) is 0. The molecule has 0 fully saturated rings. The summed E-state index contributed by atoms with van der Waals surface area (Å²) in [6.07, 6.45) is 0. The van der Waals surface area contributed by atoms with Crippen LogP contribution < -0.4 is 0 Å². The van der Waals surface area contributed by atoms with Crippen molar-refractivity contribution in [2.24, 2.45) is 0 Å². The number of benzene rings is 7. The first kappa shape index (κ1) is 29.8. The number of aromatic nitrogens is 4. The van der Waals surface area contributed by atoms with Crippen molar-refractivity contribution in [1.29, 1.82) is 0 Å². The summed E-state index contributed by atoms with van der Waals surface area (Å²) in [6.45, 7) is 0.